The Labute approximate surface area is 189 Å². The van der Waals surface area contributed by atoms with Gasteiger partial charge in [-0.3, -0.25) is 9.78 Å². The predicted molar refractivity (Wildman–Crippen MR) is 121 cm³/mol. The summed E-state index contributed by atoms with van der Waals surface area (Å²) in [6.07, 6.45) is 4.96. The van der Waals surface area contributed by atoms with Crippen LogP contribution >= 0.6 is 11.6 Å². The van der Waals surface area contributed by atoms with E-state index in [4.69, 9.17) is 16.3 Å². The summed E-state index contributed by atoms with van der Waals surface area (Å²) in [7, 11) is 0. The van der Waals surface area contributed by atoms with Gasteiger partial charge in [-0.05, 0) is 50.2 Å². The van der Waals surface area contributed by atoms with Gasteiger partial charge in [0.25, 0.3) is 5.91 Å². The molecule has 162 valence electrons. The van der Waals surface area contributed by atoms with E-state index in [1.165, 1.54) is 6.33 Å². The highest BCUT2D eigenvalue weighted by Crippen LogP contribution is 2.31. The molecule has 0 saturated heterocycles. The number of nitrogens with zero attached hydrogens (tertiary/aromatic N) is 5. The van der Waals surface area contributed by atoms with E-state index in [-0.39, 0.29) is 22.5 Å². The molecule has 5 rings (SSSR count). The van der Waals surface area contributed by atoms with Gasteiger partial charge in [0.1, 0.15) is 29.3 Å². The van der Waals surface area contributed by atoms with Crippen molar-refractivity contribution >= 4 is 34.1 Å². The van der Waals surface area contributed by atoms with Crippen LogP contribution in [0.1, 0.15) is 29.9 Å². The number of benzene rings is 1. The molecule has 8 nitrogen and oxygen atoms in total. The van der Waals surface area contributed by atoms with Crippen LogP contribution in [0.2, 0.25) is 5.15 Å². The Morgan fingerprint density at radius 1 is 1.09 bits per heavy atom. The quantitative estimate of drug-likeness (QED) is 0.479. The van der Waals surface area contributed by atoms with Crippen molar-refractivity contribution in [1.82, 2.24) is 19.5 Å². The molecule has 9 heteroatoms. The average Bonchev–Trinajstić information content (AvgIpc) is 3.11. The maximum Gasteiger partial charge on any atom is 0.267 e. The minimum atomic E-state index is -0.998. The first kappa shape index (κ1) is 20.4. The average molecular weight is 450 g/mol. The normalized spacial score (nSPS) is 14.2. The molecule has 0 atom stereocenters. The van der Waals surface area contributed by atoms with E-state index in [0.29, 0.717) is 18.8 Å². The van der Waals surface area contributed by atoms with Gasteiger partial charge in [-0.25, -0.2) is 9.97 Å². The topological polar surface area (TPSA) is 93.4 Å². The van der Waals surface area contributed by atoms with Gasteiger partial charge in [-0.2, -0.15) is 0 Å². The Morgan fingerprint density at radius 2 is 1.91 bits per heavy atom. The van der Waals surface area contributed by atoms with Gasteiger partial charge in [0.2, 0.25) is 5.88 Å². The summed E-state index contributed by atoms with van der Waals surface area (Å²) < 4.78 is 7.61. The molecule has 1 aliphatic rings. The Hall–Kier alpha value is -3.49. The number of rotatable bonds is 3. The number of carbonyl (C=O) groups excluding carboxylic acids is 1. The first-order valence-corrected chi connectivity index (χ1v) is 10.5. The second-order valence-electron chi connectivity index (χ2n) is 8.04. The first-order valence-electron chi connectivity index (χ1n) is 10.1. The number of anilines is 1. The minimum absolute atomic E-state index is 0.0705. The highest BCUT2D eigenvalue weighted by atomic mass is 35.5. The van der Waals surface area contributed by atoms with E-state index in [2.05, 4.69) is 15.0 Å². The third kappa shape index (κ3) is 3.47. The molecule has 0 saturated carbocycles. The molecule has 3 aromatic heterocycles. The van der Waals surface area contributed by atoms with Gasteiger partial charge in [-0.1, -0.05) is 11.6 Å². The van der Waals surface area contributed by atoms with Crippen molar-refractivity contribution in [1.29, 1.82) is 0 Å². The highest BCUT2D eigenvalue weighted by molar-refractivity contribution is 6.33. The van der Waals surface area contributed by atoms with Crippen molar-refractivity contribution in [3.8, 4) is 11.6 Å². The van der Waals surface area contributed by atoms with E-state index in [0.717, 1.165) is 22.3 Å². The lowest BCUT2D eigenvalue weighted by Gasteiger charge is -2.20. The van der Waals surface area contributed by atoms with Crippen molar-refractivity contribution in [3.63, 3.8) is 0 Å². The number of hydrogen-bond donors (Lipinski definition) is 1. The maximum absolute atomic E-state index is 13.2. The van der Waals surface area contributed by atoms with Crippen LogP contribution in [0, 0.1) is 0 Å². The van der Waals surface area contributed by atoms with Crippen LogP contribution in [0.15, 0.2) is 55.1 Å². The van der Waals surface area contributed by atoms with Crippen LogP contribution in [0.4, 0.5) is 5.69 Å². The summed E-state index contributed by atoms with van der Waals surface area (Å²) >= 11 is 6.16. The predicted octanol–water partition coefficient (Wildman–Crippen LogP) is 3.74. The van der Waals surface area contributed by atoms with Gasteiger partial charge >= 0.3 is 0 Å². The number of halogens is 1. The fraction of sp³-hybridized carbons (Fsp3) is 0.217. The van der Waals surface area contributed by atoms with Crippen molar-refractivity contribution < 1.29 is 14.6 Å². The number of amides is 1. The van der Waals surface area contributed by atoms with Crippen molar-refractivity contribution in [2.75, 3.05) is 18.1 Å². The van der Waals surface area contributed by atoms with Crippen LogP contribution in [-0.2, 0) is 5.60 Å². The lowest BCUT2D eigenvalue weighted by Crippen LogP contribution is -2.32. The minimum Gasteiger partial charge on any atom is -0.475 e. The zero-order valence-corrected chi connectivity index (χ0v) is 18.2. The van der Waals surface area contributed by atoms with Crippen molar-refractivity contribution in [3.05, 3.63) is 71.5 Å². The summed E-state index contributed by atoms with van der Waals surface area (Å²) in [6, 6.07) is 11.5. The first-order chi connectivity index (χ1) is 15.3. The Bertz CT molecular complexity index is 1330. The van der Waals surface area contributed by atoms with E-state index < -0.39 is 5.60 Å². The second-order valence-corrected chi connectivity index (χ2v) is 8.40. The molecule has 1 aromatic carbocycles. The molecule has 1 aliphatic heterocycles. The van der Waals surface area contributed by atoms with Crippen molar-refractivity contribution in [2.24, 2.45) is 0 Å². The fourth-order valence-electron chi connectivity index (χ4n) is 3.77. The number of hydrogen-bond acceptors (Lipinski definition) is 6. The van der Waals surface area contributed by atoms with E-state index in [1.54, 1.807) is 24.9 Å². The fourth-order valence-corrected chi connectivity index (χ4v) is 3.97. The lowest BCUT2D eigenvalue weighted by atomic mass is 10.1. The largest absolute Gasteiger partial charge is 0.475 e. The SMILES string of the molecule is CC(C)(O)c1ccc(-n2ccc3cc(N4CCOc5ncnc(Cl)c5C4=O)ccc32)cn1. The third-order valence-corrected chi connectivity index (χ3v) is 5.70. The van der Waals surface area contributed by atoms with Gasteiger partial charge in [-0.15, -0.1) is 0 Å². The molecule has 0 spiro atoms. The van der Waals surface area contributed by atoms with Gasteiger partial charge in [0, 0.05) is 17.3 Å². The number of ether oxygens (including phenoxy) is 1. The molecule has 0 aliphatic carbocycles. The number of aromatic nitrogens is 4. The second kappa shape index (κ2) is 7.58. The van der Waals surface area contributed by atoms with Gasteiger partial charge < -0.3 is 19.3 Å². The Kier molecular flexibility index (Phi) is 4.83. The standard InChI is InChI=1S/C23H20ClN5O3/c1-23(2,31)18-6-4-16(12-25-18)28-8-7-14-11-15(3-5-17(14)28)29-9-10-32-21-19(22(29)30)20(24)26-13-27-21/h3-8,11-13,31H,9-10H2,1-2H3. The molecule has 0 bridgehead atoms. The highest BCUT2D eigenvalue weighted by Gasteiger charge is 2.29. The Balaban J connectivity index is 1.50. The summed E-state index contributed by atoms with van der Waals surface area (Å²) in [5.41, 5.74) is 2.34. The van der Waals surface area contributed by atoms with Crippen LogP contribution in [-0.4, -0.2) is 43.7 Å². The van der Waals surface area contributed by atoms with Crippen LogP contribution in [0.3, 0.4) is 0 Å². The molecule has 0 radical (unpaired) electrons. The number of pyridine rings is 1. The van der Waals surface area contributed by atoms with Crippen LogP contribution in [0.25, 0.3) is 16.6 Å². The van der Waals surface area contributed by atoms with Crippen molar-refractivity contribution in [2.45, 2.75) is 19.4 Å². The molecule has 4 heterocycles. The molecule has 0 unspecified atom stereocenters. The third-order valence-electron chi connectivity index (χ3n) is 5.42. The van der Waals surface area contributed by atoms with Crippen LogP contribution in [0.5, 0.6) is 5.88 Å². The van der Waals surface area contributed by atoms with E-state index in [9.17, 15) is 9.90 Å². The molecular formula is C23H20ClN5O3. The van der Waals surface area contributed by atoms with E-state index in [1.807, 2.05) is 47.2 Å². The lowest BCUT2D eigenvalue weighted by molar-refractivity contribution is 0.0738. The molecule has 32 heavy (non-hydrogen) atoms. The smallest absolute Gasteiger partial charge is 0.267 e. The molecule has 0 fully saturated rings. The zero-order valence-electron chi connectivity index (χ0n) is 17.5. The summed E-state index contributed by atoms with van der Waals surface area (Å²) in [5.74, 6) is -0.0972. The molecular weight excluding hydrogens is 430 g/mol. The number of aliphatic hydroxyl groups is 1. The van der Waals surface area contributed by atoms with Gasteiger partial charge in [0.15, 0.2) is 0 Å². The van der Waals surface area contributed by atoms with Crippen LogP contribution < -0.4 is 9.64 Å². The van der Waals surface area contributed by atoms with E-state index >= 15 is 0 Å². The zero-order chi connectivity index (χ0) is 22.5. The number of fused-ring (bicyclic) bond motifs is 2. The summed E-state index contributed by atoms with van der Waals surface area (Å²) in [5, 5.41) is 11.2. The Morgan fingerprint density at radius 3 is 2.66 bits per heavy atom. The number of carbonyl (C=O) groups is 1. The summed E-state index contributed by atoms with van der Waals surface area (Å²) in [6.45, 7) is 4.06. The maximum atomic E-state index is 13.2. The summed E-state index contributed by atoms with van der Waals surface area (Å²) in [4.78, 5) is 27.2. The monoisotopic (exact) mass is 449 g/mol. The molecule has 4 aromatic rings. The molecule has 1 N–H and O–H groups in total. The van der Waals surface area contributed by atoms with Gasteiger partial charge in [0.05, 0.1) is 29.6 Å². The molecule has 1 amide bonds.